The Bertz CT molecular complexity index is 1030. The summed E-state index contributed by atoms with van der Waals surface area (Å²) >= 11 is 0. The highest BCUT2D eigenvalue weighted by molar-refractivity contribution is 5.67. The highest BCUT2D eigenvalue weighted by Gasteiger charge is 2.23. The number of benzene rings is 1. The van der Waals surface area contributed by atoms with Gasteiger partial charge in [0, 0.05) is 0 Å². The number of hydrogen-bond donors (Lipinski definition) is 0. The van der Waals surface area contributed by atoms with Crippen LogP contribution in [0.15, 0.2) is 4.99 Å². The van der Waals surface area contributed by atoms with Crippen LogP contribution in [0.2, 0.25) is 0 Å². The summed E-state index contributed by atoms with van der Waals surface area (Å²) in [5.41, 5.74) is 9.07. The van der Waals surface area contributed by atoms with Gasteiger partial charge in [0.25, 0.3) is 0 Å². The zero-order valence-corrected chi connectivity index (χ0v) is 41.2. The second-order valence-electron chi connectivity index (χ2n) is 19.1. The highest BCUT2D eigenvalue weighted by Crippen LogP contribution is 2.40. The van der Waals surface area contributed by atoms with Crippen molar-refractivity contribution in [2.75, 3.05) is 0 Å². The van der Waals surface area contributed by atoms with Gasteiger partial charge in [0.1, 0.15) is 0 Å². The van der Waals surface area contributed by atoms with Crippen LogP contribution >= 0.6 is 0 Å². The van der Waals surface area contributed by atoms with Crippen LogP contribution in [0.4, 0.5) is 5.69 Å². The highest BCUT2D eigenvalue weighted by atomic mass is 16.1. The first-order valence-corrected chi connectivity index (χ1v) is 27.5. The summed E-state index contributed by atoms with van der Waals surface area (Å²) in [5, 5.41) is 0. The Kier molecular flexibility index (Phi) is 40.8. The van der Waals surface area contributed by atoms with Crippen LogP contribution in [0.25, 0.3) is 0 Å². The van der Waals surface area contributed by atoms with Crippen molar-refractivity contribution in [3.8, 4) is 0 Å². The lowest BCUT2D eigenvalue weighted by molar-refractivity contribution is 0.560. The zero-order chi connectivity index (χ0) is 42.7. The van der Waals surface area contributed by atoms with Crippen molar-refractivity contribution < 1.29 is 4.79 Å². The standard InChI is InChI=1S/C57H105NO/c1-6-11-16-21-26-31-36-41-46-52-53(47-42-37-32-27-22-17-12-7-2)55(49-44-39-34-29-24-19-14-9-4)57(58-51-59)56(50-45-40-35-30-25-20-15-10-5)54(52)48-43-38-33-28-23-18-13-8-3/h6-50H2,1-5H3. The summed E-state index contributed by atoms with van der Waals surface area (Å²) in [6, 6.07) is 0. The molecule has 0 bridgehead atoms. The minimum Gasteiger partial charge on any atom is -0.211 e. The van der Waals surface area contributed by atoms with E-state index in [1.54, 1.807) is 16.7 Å². The molecule has 1 aromatic carbocycles. The third-order valence-corrected chi connectivity index (χ3v) is 13.6. The Morgan fingerprint density at radius 3 is 0.627 bits per heavy atom. The SMILES string of the molecule is CCCCCCCCCCc1c(CCCCCCCCCC)c(CCCCCCCCCC)c(N=C=O)c(CCCCCCCCCC)c1CCCCCCCCCC. The summed E-state index contributed by atoms with van der Waals surface area (Å²) in [7, 11) is 0. The molecule has 0 heterocycles. The maximum absolute atomic E-state index is 12.5. The molecule has 0 fully saturated rings. The average Bonchev–Trinajstić information content (AvgIpc) is 3.24. The molecule has 0 aliphatic heterocycles. The second kappa shape index (κ2) is 43.3. The van der Waals surface area contributed by atoms with E-state index in [0.29, 0.717) is 0 Å². The monoisotopic (exact) mass is 820 g/mol. The largest absolute Gasteiger partial charge is 0.240 e. The minimum absolute atomic E-state index is 1.09. The van der Waals surface area contributed by atoms with Crippen LogP contribution in [0.3, 0.4) is 0 Å². The van der Waals surface area contributed by atoms with Crippen molar-refractivity contribution in [2.45, 2.75) is 324 Å². The zero-order valence-electron chi connectivity index (χ0n) is 41.2. The van der Waals surface area contributed by atoms with E-state index < -0.39 is 0 Å². The van der Waals surface area contributed by atoms with E-state index in [1.165, 1.54) is 287 Å². The van der Waals surface area contributed by atoms with Crippen LogP contribution in [0.1, 0.15) is 319 Å². The molecule has 0 aromatic heterocycles. The Morgan fingerprint density at radius 2 is 0.424 bits per heavy atom. The maximum Gasteiger partial charge on any atom is 0.240 e. The lowest BCUT2D eigenvalue weighted by Gasteiger charge is -2.26. The number of nitrogens with zero attached hydrogens (tertiary/aromatic N) is 1. The van der Waals surface area contributed by atoms with E-state index in [-0.39, 0.29) is 0 Å². The third kappa shape index (κ3) is 29.5. The molecule has 344 valence electrons. The normalized spacial score (nSPS) is 11.5. The van der Waals surface area contributed by atoms with E-state index in [4.69, 9.17) is 4.99 Å². The predicted molar refractivity (Wildman–Crippen MR) is 266 cm³/mol. The average molecular weight is 820 g/mol. The van der Waals surface area contributed by atoms with Gasteiger partial charge in [-0.3, -0.25) is 0 Å². The van der Waals surface area contributed by atoms with Crippen molar-refractivity contribution in [3.63, 3.8) is 0 Å². The molecule has 1 aromatic rings. The summed E-state index contributed by atoms with van der Waals surface area (Å²) in [4.78, 5) is 17.2. The van der Waals surface area contributed by atoms with Crippen molar-refractivity contribution in [1.29, 1.82) is 0 Å². The van der Waals surface area contributed by atoms with Crippen molar-refractivity contribution in [2.24, 2.45) is 4.99 Å². The first kappa shape index (κ1) is 55.6. The lowest BCUT2D eigenvalue weighted by atomic mass is 9.80. The predicted octanol–water partition coefficient (Wildman–Crippen LogP) is 20.1. The summed E-state index contributed by atoms with van der Waals surface area (Å²) < 4.78 is 0. The van der Waals surface area contributed by atoms with Crippen molar-refractivity contribution >= 4 is 11.8 Å². The molecule has 0 amide bonds. The molecule has 2 heteroatoms. The van der Waals surface area contributed by atoms with Crippen LogP contribution < -0.4 is 0 Å². The molecule has 1 rings (SSSR count). The molecule has 0 saturated carbocycles. The molecule has 0 radical (unpaired) electrons. The molecular formula is C57H105NO. The molecule has 59 heavy (non-hydrogen) atoms. The molecule has 2 nitrogen and oxygen atoms in total. The lowest BCUT2D eigenvalue weighted by Crippen LogP contribution is -2.12. The first-order chi connectivity index (χ1) is 29.2. The Morgan fingerprint density at radius 1 is 0.254 bits per heavy atom. The van der Waals surface area contributed by atoms with E-state index >= 15 is 0 Å². The Labute approximate surface area is 371 Å². The van der Waals surface area contributed by atoms with E-state index in [0.717, 1.165) is 18.5 Å². The summed E-state index contributed by atoms with van der Waals surface area (Å²) in [6.45, 7) is 11.6. The fraction of sp³-hybridized carbons (Fsp3) is 0.877. The van der Waals surface area contributed by atoms with Crippen molar-refractivity contribution in [1.82, 2.24) is 0 Å². The number of isocyanates is 1. The molecule has 0 spiro atoms. The number of unbranched alkanes of at least 4 members (excludes halogenated alkanes) is 35. The smallest absolute Gasteiger partial charge is 0.211 e. The molecular weight excluding hydrogens is 715 g/mol. The van der Waals surface area contributed by atoms with Gasteiger partial charge in [-0.05, 0) is 92.0 Å². The van der Waals surface area contributed by atoms with E-state index in [9.17, 15) is 4.79 Å². The topological polar surface area (TPSA) is 29.4 Å². The van der Waals surface area contributed by atoms with Gasteiger partial charge in [0.15, 0.2) is 0 Å². The first-order valence-electron chi connectivity index (χ1n) is 27.5. The quantitative estimate of drug-likeness (QED) is 0.0366. The molecule has 0 aliphatic carbocycles. The van der Waals surface area contributed by atoms with Crippen LogP contribution in [0, 0.1) is 0 Å². The molecule has 0 unspecified atom stereocenters. The van der Waals surface area contributed by atoms with Crippen LogP contribution in [-0.2, 0) is 36.9 Å². The van der Waals surface area contributed by atoms with Crippen LogP contribution in [0.5, 0.6) is 0 Å². The van der Waals surface area contributed by atoms with Crippen LogP contribution in [-0.4, -0.2) is 6.08 Å². The van der Waals surface area contributed by atoms with Gasteiger partial charge < -0.3 is 0 Å². The molecule has 0 saturated heterocycles. The minimum atomic E-state index is 1.09. The van der Waals surface area contributed by atoms with Gasteiger partial charge in [0.05, 0.1) is 5.69 Å². The molecule has 0 N–H and O–H groups in total. The number of carbonyl (C=O) groups excluding carboxylic acids is 1. The van der Waals surface area contributed by atoms with E-state index in [2.05, 4.69) is 40.7 Å². The molecule has 0 aliphatic rings. The molecule has 0 atom stereocenters. The Hall–Kier alpha value is -1.40. The van der Waals surface area contributed by atoms with Gasteiger partial charge in [0.2, 0.25) is 6.08 Å². The number of hydrogen-bond acceptors (Lipinski definition) is 2. The Balaban J connectivity index is 3.55. The second-order valence-corrected chi connectivity index (χ2v) is 19.1. The maximum atomic E-state index is 12.5. The van der Waals surface area contributed by atoms with Gasteiger partial charge >= 0.3 is 0 Å². The van der Waals surface area contributed by atoms with E-state index in [1.807, 2.05) is 0 Å². The van der Waals surface area contributed by atoms with Gasteiger partial charge in [-0.2, -0.15) is 4.99 Å². The van der Waals surface area contributed by atoms with Gasteiger partial charge in [-0.15, -0.1) is 0 Å². The van der Waals surface area contributed by atoms with Crippen molar-refractivity contribution in [3.05, 3.63) is 27.8 Å². The summed E-state index contributed by atoms with van der Waals surface area (Å²) in [5.74, 6) is 0. The fourth-order valence-corrected chi connectivity index (χ4v) is 9.82. The van der Waals surface area contributed by atoms with Gasteiger partial charge in [-0.25, -0.2) is 4.79 Å². The third-order valence-electron chi connectivity index (χ3n) is 13.6. The fourth-order valence-electron chi connectivity index (χ4n) is 9.82. The number of aliphatic imine (C=N–C) groups is 1. The number of rotatable bonds is 46. The van der Waals surface area contributed by atoms with Gasteiger partial charge in [-0.1, -0.05) is 259 Å². The summed E-state index contributed by atoms with van der Waals surface area (Å²) in [6.07, 6.45) is 62.1.